The summed E-state index contributed by atoms with van der Waals surface area (Å²) in [4.78, 5) is 18.7. The molecule has 0 spiro atoms. The van der Waals surface area contributed by atoms with Gasteiger partial charge in [0.15, 0.2) is 12.4 Å². The lowest BCUT2D eigenvalue weighted by molar-refractivity contribution is -0.125. The molecule has 7 nitrogen and oxygen atoms in total. The zero-order chi connectivity index (χ0) is 17.4. The van der Waals surface area contributed by atoms with Crippen molar-refractivity contribution >= 4 is 11.7 Å². The lowest BCUT2D eigenvalue weighted by Crippen LogP contribution is -2.41. The molecule has 0 bridgehead atoms. The maximum absolute atomic E-state index is 13.4. The molecule has 1 aromatic rings. The zero-order valence-corrected chi connectivity index (χ0v) is 13.8. The molecule has 132 valence electrons. The van der Waals surface area contributed by atoms with Gasteiger partial charge in [0.1, 0.15) is 5.82 Å². The molecule has 1 aliphatic heterocycles. The molecular formula is C16H23FN4O3. The van der Waals surface area contributed by atoms with Gasteiger partial charge in [-0.2, -0.15) is 0 Å². The van der Waals surface area contributed by atoms with Crippen LogP contribution in [0.15, 0.2) is 23.4 Å². The monoisotopic (exact) mass is 338 g/mol. The quantitative estimate of drug-likeness (QED) is 0.426. The molecule has 1 aromatic carbocycles. The highest BCUT2D eigenvalue weighted by Crippen LogP contribution is 2.08. The Balaban J connectivity index is 1.66. The summed E-state index contributed by atoms with van der Waals surface area (Å²) in [6, 6.07) is 4.83. The molecule has 0 unspecified atom stereocenters. The normalized spacial score (nSPS) is 16.0. The Morgan fingerprint density at radius 2 is 2.21 bits per heavy atom. The van der Waals surface area contributed by atoms with Crippen LogP contribution in [0.4, 0.5) is 4.39 Å². The largest absolute Gasteiger partial charge is 0.384 e. The summed E-state index contributed by atoms with van der Waals surface area (Å²) >= 11 is 0. The van der Waals surface area contributed by atoms with Gasteiger partial charge in [-0.15, -0.1) is 0 Å². The Hall–Kier alpha value is -2.19. The third-order valence-corrected chi connectivity index (χ3v) is 3.59. The number of benzene rings is 1. The number of oxime groups is 1. The summed E-state index contributed by atoms with van der Waals surface area (Å²) in [5, 5.41) is 6.36. The summed E-state index contributed by atoms with van der Waals surface area (Å²) in [7, 11) is 0. The van der Waals surface area contributed by atoms with Gasteiger partial charge in [0.2, 0.25) is 0 Å². The molecule has 1 fully saturated rings. The highest BCUT2D eigenvalue weighted by atomic mass is 19.1. The molecule has 1 amide bonds. The molecule has 1 heterocycles. The number of halogens is 1. The SMILES string of the molecule is Cc1ccc(CNC(=O)CO/N=C(/N)CN2CCOCC2)cc1F. The van der Waals surface area contributed by atoms with Crippen LogP contribution in [0.25, 0.3) is 0 Å². The minimum atomic E-state index is -0.348. The maximum Gasteiger partial charge on any atom is 0.261 e. The minimum Gasteiger partial charge on any atom is -0.384 e. The Bertz CT molecular complexity index is 589. The summed E-state index contributed by atoms with van der Waals surface area (Å²) in [6.45, 7) is 5.10. The number of amidine groups is 1. The molecular weight excluding hydrogens is 315 g/mol. The topological polar surface area (TPSA) is 89.2 Å². The van der Waals surface area contributed by atoms with E-state index in [0.29, 0.717) is 36.7 Å². The number of nitrogens with one attached hydrogen (secondary N) is 1. The number of morpholine rings is 1. The van der Waals surface area contributed by atoms with Gasteiger partial charge in [0, 0.05) is 19.6 Å². The standard InChI is InChI=1S/C16H23FN4O3/c1-12-2-3-13(8-14(12)17)9-19-16(22)11-24-20-15(18)10-21-4-6-23-7-5-21/h2-3,8H,4-7,9-11H2,1H3,(H2,18,20)(H,19,22). The second kappa shape index (κ2) is 9.19. The van der Waals surface area contributed by atoms with E-state index in [4.69, 9.17) is 15.3 Å². The Morgan fingerprint density at radius 1 is 1.46 bits per heavy atom. The van der Waals surface area contributed by atoms with Crippen LogP contribution < -0.4 is 11.1 Å². The van der Waals surface area contributed by atoms with Crippen molar-refractivity contribution in [2.24, 2.45) is 10.9 Å². The number of carbonyl (C=O) groups excluding carboxylic acids is 1. The number of rotatable bonds is 7. The second-order valence-electron chi connectivity index (χ2n) is 5.60. The van der Waals surface area contributed by atoms with E-state index in [0.717, 1.165) is 13.1 Å². The van der Waals surface area contributed by atoms with Crippen molar-refractivity contribution in [2.75, 3.05) is 39.5 Å². The number of hydrogen-bond acceptors (Lipinski definition) is 5. The van der Waals surface area contributed by atoms with E-state index >= 15 is 0 Å². The van der Waals surface area contributed by atoms with Crippen LogP contribution in [-0.2, 0) is 20.9 Å². The first kappa shape index (κ1) is 18.2. The van der Waals surface area contributed by atoms with E-state index in [1.54, 1.807) is 19.1 Å². The van der Waals surface area contributed by atoms with Gasteiger partial charge >= 0.3 is 0 Å². The molecule has 0 aliphatic carbocycles. The molecule has 0 aromatic heterocycles. The lowest BCUT2D eigenvalue weighted by atomic mass is 10.1. The maximum atomic E-state index is 13.4. The first-order valence-corrected chi connectivity index (χ1v) is 7.80. The third-order valence-electron chi connectivity index (χ3n) is 3.59. The molecule has 8 heteroatoms. The van der Waals surface area contributed by atoms with E-state index in [2.05, 4.69) is 15.4 Å². The van der Waals surface area contributed by atoms with Crippen molar-refractivity contribution in [3.05, 3.63) is 35.1 Å². The lowest BCUT2D eigenvalue weighted by Gasteiger charge is -2.25. The number of nitrogens with zero attached hydrogens (tertiary/aromatic N) is 2. The Morgan fingerprint density at radius 3 is 2.92 bits per heavy atom. The van der Waals surface area contributed by atoms with E-state index < -0.39 is 0 Å². The summed E-state index contributed by atoms with van der Waals surface area (Å²) in [6.07, 6.45) is 0. The predicted octanol–water partition coefficient (Wildman–Crippen LogP) is 0.371. The fourth-order valence-corrected chi connectivity index (χ4v) is 2.19. The molecule has 24 heavy (non-hydrogen) atoms. The Kier molecular flexibility index (Phi) is 6.95. The number of aryl methyl sites for hydroxylation is 1. The van der Waals surface area contributed by atoms with E-state index in [1.807, 2.05) is 0 Å². The first-order chi connectivity index (χ1) is 11.5. The molecule has 3 N–H and O–H groups in total. The second-order valence-corrected chi connectivity index (χ2v) is 5.60. The van der Waals surface area contributed by atoms with Crippen molar-refractivity contribution < 1.29 is 18.8 Å². The van der Waals surface area contributed by atoms with Crippen LogP contribution in [0.3, 0.4) is 0 Å². The summed E-state index contributed by atoms with van der Waals surface area (Å²) in [5.41, 5.74) is 7.01. The van der Waals surface area contributed by atoms with Crippen molar-refractivity contribution in [3.63, 3.8) is 0 Å². The van der Waals surface area contributed by atoms with Crippen molar-refractivity contribution in [1.29, 1.82) is 0 Å². The average molecular weight is 338 g/mol. The molecule has 1 aliphatic rings. The highest BCUT2D eigenvalue weighted by Gasteiger charge is 2.11. The molecule has 0 saturated carbocycles. The third kappa shape index (κ3) is 6.13. The van der Waals surface area contributed by atoms with Crippen molar-refractivity contribution in [3.8, 4) is 0 Å². The van der Waals surface area contributed by atoms with Gasteiger partial charge in [-0.25, -0.2) is 4.39 Å². The van der Waals surface area contributed by atoms with Gasteiger partial charge in [0.05, 0.1) is 19.8 Å². The number of hydrogen-bond donors (Lipinski definition) is 2. The molecule has 0 atom stereocenters. The van der Waals surface area contributed by atoms with E-state index in [-0.39, 0.29) is 24.9 Å². The fourth-order valence-electron chi connectivity index (χ4n) is 2.19. The minimum absolute atomic E-state index is 0.229. The summed E-state index contributed by atoms with van der Waals surface area (Å²) < 4.78 is 18.6. The van der Waals surface area contributed by atoms with Gasteiger partial charge in [0.25, 0.3) is 5.91 Å². The number of carbonyl (C=O) groups is 1. The van der Waals surface area contributed by atoms with Crippen LogP contribution in [-0.4, -0.2) is 56.1 Å². The van der Waals surface area contributed by atoms with Crippen LogP contribution >= 0.6 is 0 Å². The van der Waals surface area contributed by atoms with Gasteiger partial charge in [-0.3, -0.25) is 9.69 Å². The smallest absolute Gasteiger partial charge is 0.261 e. The highest BCUT2D eigenvalue weighted by molar-refractivity contribution is 5.82. The number of amides is 1. The molecule has 1 saturated heterocycles. The fraction of sp³-hybridized carbons (Fsp3) is 0.500. The number of ether oxygens (including phenoxy) is 1. The first-order valence-electron chi connectivity index (χ1n) is 7.80. The van der Waals surface area contributed by atoms with E-state index in [1.165, 1.54) is 6.07 Å². The van der Waals surface area contributed by atoms with Crippen LogP contribution in [0.1, 0.15) is 11.1 Å². The Labute approximate surface area is 140 Å². The predicted molar refractivity (Wildman–Crippen MR) is 87.8 cm³/mol. The molecule has 2 rings (SSSR count). The van der Waals surface area contributed by atoms with Gasteiger partial charge in [-0.1, -0.05) is 17.3 Å². The van der Waals surface area contributed by atoms with E-state index in [9.17, 15) is 9.18 Å². The number of nitrogens with two attached hydrogens (primary N) is 1. The van der Waals surface area contributed by atoms with Crippen LogP contribution in [0, 0.1) is 12.7 Å². The average Bonchev–Trinajstić information content (AvgIpc) is 2.57. The van der Waals surface area contributed by atoms with Crippen LogP contribution in [0.5, 0.6) is 0 Å². The molecule has 0 radical (unpaired) electrons. The summed E-state index contributed by atoms with van der Waals surface area (Å²) in [5.74, 6) is -0.331. The van der Waals surface area contributed by atoms with Gasteiger partial charge < -0.3 is 20.6 Å². The van der Waals surface area contributed by atoms with Crippen LogP contribution in [0.2, 0.25) is 0 Å². The van der Waals surface area contributed by atoms with Crippen molar-refractivity contribution in [1.82, 2.24) is 10.2 Å². The van der Waals surface area contributed by atoms with Gasteiger partial charge in [-0.05, 0) is 24.1 Å². The zero-order valence-electron chi connectivity index (χ0n) is 13.8. The van der Waals surface area contributed by atoms with Crippen molar-refractivity contribution in [2.45, 2.75) is 13.5 Å².